The Kier molecular flexibility index (Phi) is 6.15. The fourth-order valence-corrected chi connectivity index (χ4v) is 3.39. The first-order valence-corrected chi connectivity index (χ1v) is 8.42. The molecule has 0 atom stereocenters. The van der Waals surface area contributed by atoms with Gasteiger partial charge in [0.15, 0.2) is 0 Å². The molecule has 1 amide bonds. The molecule has 0 spiro atoms. The van der Waals surface area contributed by atoms with Crippen LogP contribution in [-0.2, 0) is 4.79 Å². The van der Waals surface area contributed by atoms with Crippen LogP contribution in [-0.4, -0.2) is 23.3 Å². The van der Waals surface area contributed by atoms with Crippen LogP contribution < -0.4 is 5.32 Å². The number of carbonyl (C=O) groups is 1. The largest absolute Gasteiger partial charge is 0.322 e. The number of rotatable bonds is 4. The van der Waals surface area contributed by atoms with Gasteiger partial charge in [0.05, 0.1) is 5.02 Å². The summed E-state index contributed by atoms with van der Waals surface area (Å²) in [4.78, 5) is 12.9. The molecule has 1 saturated heterocycles. The summed E-state index contributed by atoms with van der Waals surface area (Å²) in [5.74, 6) is -0.0926. The molecular weight excluding hydrogens is 304 g/mol. The Labute approximate surface area is 135 Å². The average molecular weight is 325 g/mol. The van der Waals surface area contributed by atoms with Gasteiger partial charge >= 0.3 is 0 Å². The summed E-state index contributed by atoms with van der Waals surface area (Å²) in [7, 11) is 0. The van der Waals surface area contributed by atoms with Gasteiger partial charge in [-0.3, -0.25) is 4.79 Å². The van der Waals surface area contributed by atoms with Crippen molar-refractivity contribution in [3.8, 4) is 0 Å². The zero-order chi connectivity index (χ0) is 15.2. The Morgan fingerprint density at radius 3 is 2.67 bits per heavy atom. The van der Waals surface area contributed by atoms with E-state index in [-0.39, 0.29) is 5.91 Å². The lowest BCUT2D eigenvalue weighted by atomic mass is 10.2. The molecule has 1 fully saturated rings. The van der Waals surface area contributed by atoms with Crippen LogP contribution in [0.2, 0.25) is 5.02 Å². The molecule has 114 valence electrons. The number of nitrogens with one attached hydrogen (secondary N) is 1. The number of hydrogen-bond donors (Lipinski definition) is 1. The van der Waals surface area contributed by atoms with E-state index in [1.165, 1.54) is 19.3 Å². The lowest BCUT2D eigenvalue weighted by Crippen LogP contribution is -2.22. The van der Waals surface area contributed by atoms with Gasteiger partial charge in [0, 0.05) is 29.2 Å². The van der Waals surface area contributed by atoms with Gasteiger partial charge < -0.3 is 5.32 Å². The first kappa shape index (κ1) is 16.4. The third-order valence-electron chi connectivity index (χ3n) is 3.52. The average Bonchev–Trinajstić information content (AvgIpc) is 2.50. The number of benzene rings is 1. The van der Waals surface area contributed by atoms with Gasteiger partial charge in [0.25, 0.3) is 5.91 Å². The van der Waals surface area contributed by atoms with E-state index in [1.54, 1.807) is 24.9 Å². The van der Waals surface area contributed by atoms with Crippen molar-refractivity contribution in [3.05, 3.63) is 34.9 Å². The second-order valence-electron chi connectivity index (χ2n) is 5.15. The van der Waals surface area contributed by atoms with Crippen LogP contribution in [0.15, 0.2) is 34.7 Å². The van der Waals surface area contributed by atoms with Gasteiger partial charge in [0.2, 0.25) is 0 Å². The van der Waals surface area contributed by atoms with E-state index in [9.17, 15) is 4.79 Å². The fourth-order valence-electron chi connectivity index (χ4n) is 2.11. The van der Waals surface area contributed by atoms with Crippen molar-refractivity contribution in [3.63, 3.8) is 0 Å². The number of hydrogen-bond acceptors (Lipinski definition) is 3. The fraction of sp³-hybridized carbons (Fsp3) is 0.438. The minimum atomic E-state index is -0.0926. The lowest BCUT2D eigenvalue weighted by Gasteiger charge is -2.25. The van der Waals surface area contributed by atoms with Crippen molar-refractivity contribution in [1.82, 2.24) is 4.31 Å². The first-order valence-electron chi connectivity index (χ1n) is 7.27. The molecule has 0 radical (unpaired) electrons. The molecule has 0 aliphatic carbocycles. The van der Waals surface area contributed by atoms with E-state index in [0.717, 1.165) is 23.7 Å². The molecule has 21 heavy (non-hydrogen) atoms. The first-order chi connectivity index (χ1) is 10.1. The summed E-state index contributed by atoms with van der Waals surface area (Å²) in [6.07, 6.45) is 5.61. The van der Waals surface area contributed by atoms with E-state index in [0.29, 0.717) is 10.6 Å². The van der Waals surface area contributed by atoms with Crippen molar-refractivity contribution in [2.45, 2.75) is 38.0 Å². The highest BCUT2D eigenvalue weighted by Gasteiger charge is 2.14. The molecule has 1 heterocycles. The normalized spacial score (nSPS) is 16.8. The highest BCUT2D eigenvalue weighted by Crippen LogP contribution is 2.33. The zero-order valence-electron chi connectivity index (χ0n) is 12.5. The van der Waals surface area contributed by atoms with E-state index in [2.05, 4.69) is 9.62 Å². The van der Waals surface area contributed by atoms with Crippen LogP contribution in [0.5, 0.6) is 0 Å². The van der Waals surface area contributed by atoms with E-state index < -0.39 is 0 Å². The molecule has 1 aromatic rings. The van der Waals surface area contributed by atoms with Gasteiger partial charge in [-0.05, 0) is 56.8 Å². The van der Waals surface area contributed by atoms with Crippen molar-refractivity contribution in [2.75, 3.05) is 18.4 Å². The molecule has 1 aliphatic rings. The third-order valence-corrected chi connectivity index (χ3v) is 5.12. The molecule has 1 aliphatic heterocycles. The Morgan fingerprint density at radius 2 is 2.05 bits per heavy atom. The van der Waals surface area contributed by atoms with Gasteiger partial charge in [-0.2, -0.15) is 0 Å². The zero-order valence-corrected chi connectivity index (χ0v) is 14.1. The van der Waals surface area contributed by atoms with Gasteiger partial charge in [-0.25, -0.2) is 4.31 Å². The van der Waals surface area contributed by atoms with Gasteiger partial charge in [-0.1, -0.05) is 24.1 Å². The van der Waals surface area contributed by atoms with Gasteiger partial charge in [-0.15, -0.1) is 0 Å². The number of halogens is 1. The number of anilines is 1. The standard InChI is InChI=1S/C16H21ClN2OS/c1-3-12(2)16(20)18-13-7-8-15(14(17)11-13)21-19-9-5-4-6-10-19/h3,7-8,11H,4-6,9-10H2,1-2H3,(H,18,20)/b12-3+. The molecular formula is C16H21ClN2OS. The summed E-state index contributed by atoms with van der Waals surface area (Å²) < 4.78 is 2.35. The smallest absolute Gasteiger partial charge is 0.250 e. The minimum absolute atomic E-state index is 0.0926. The second-order valence-corrected chi connectivity index (χ2v) is 6.70. The summed E-state index contributed by atoms with van der Waals surface area (Å²) in [6, 6.07) is 5.69. The highest BCUT2D eigenvalue weighted by molar-refractivity contribution is 7.97. The molecule has 0 saturated carbocycles. The Hall–Kier alpha value is -0.970. The van der Waals surface area contributed by atoms with Crippen LogP contribution in [0.1, 0.15) is 33.1 Å². The number of nitrogens with zero attached hydrogens (tertiary/aromatic N) is 1. The monoisotopic (exact) mass is 324 g/mol. The predicted octanol–water partition coefficient (Wildman–Crippen LogP) is 4.74. The quantitative estimate of drug-likeness (QED) is 0.641. The van der Waals surface area contributed by atoms with E-state index in [1.807, 2.05) is 25.1 Å². The van der Waals surface area contributed by atoms with Gasteiger partial charge in [0.1, 0.15) is 0 Å². The highest BCUT2D eigenvalue weighted by atomic mass is 35.5. The number of carbonyl (C=O) groups excluding carboxylic acids is 1. The maximum atomic E-state index is 11.8. The number of piperidine rings is 1. The van der Waals surface area contributed by atoms with Crippen LogP contribution in [0.3, 0.4) is 0 Å². The predicted molar refractivity (Wildman–Crippen MR) is 90.8 cm³/mol. The van der Waals surface area contributed by atoms with Crippen LogP contribution in [0.25, 0.3) is 0 Å². The molecule has 1 N–H and O–H groups in total. The molecule has 2 rings (SSSR count). The van der Waals surface area contributed by atoms with E-state index in [4.69, 9.17) is 11.6 Å². The molecule has 0 unspecified atom stereocenters. The van der Waals surface area contributed by atoms with Crippen LogP contribution in [0, 0.1) is 0 Å². The summed E-state index contributed by atoms with van der Waals surface area (Å²) in [5, 5.41) is 3.53. The summed E-state index contributed by atoms with van der Waals surface area (Å²) in [6.45, 7) is 5.86. The van der Waals surface area contributed by atoms with Crippen molar-refractivity contribution in [2.24, 2.45) is 0 Å². The molecule has 0 aromatic heterocycles. The maximum absolute atomic E-state index is 11.8. The Bertz CT molecular complexity index is 539. The lowest BCUT2D eigenvalue weighted by molar-refractivity contribution is -0.112. The third kappa shape index (κ3) is 4.77. The van der Waals surface area contributed by atoms with E-state index >= 15 is 0 Å². The SMILES string of the molecule is C/C=C(\C)C(=O)Nc1ccc(SN2CCCCC2)c(Cl)c1. The molecule has 3 nitrogen and oxygen atoms in total. The second kappa shape index (κ2) is 7.87. The van der Waals surface area contributed by atoms with Crippen LogP contribution >= 0.6 is 23.5 Å². The van der Waals surface area contributed by atoms with Crippen LogP contribution in [0.4, 0.5) is 5.69 Å². The molecule has 0 bridgehead atoms. The summed E-state index contributed by atoms with van der Waals surface area (Å²) >= 11 is 8.04. The van der Waals surface area contributed by atoms with Crippen molar-refractivity contribution >= 4 is 35.1 Å². The Balaban J connectivity index is 2.01. The molecule has 1 aromatic carbocycles. The number of amides is 1. The van der Waals surface area contributed by atoms with Crippen molar-refractivity contribution in [1.29, 1.82) is 0 Å². The van der Waals surface area contributed by atoms with Crippen molar-refractivity contribution < 1.29 is 4.79 Å². The topological polar surface area (TPSA) is 32.3 Å². The molecule has 5 heteroatoms. The number of allylic oxidation sites excluding steroid dienone is 1. The summed E-state index contributed by atoms with van der Waals surface area (Å²) in [5.41, 5.74) is 1.42. The minimum Gasteiger partial charge on any atom is -0.322 e. The Morgan fingerprint density at radius 1 is 1.33 bits per heavy atom. The maximum Gasteiger partial charge on any atom is 0.250 e.